The standard InChI is InChI=1S/C12H15NO6/c1-3-8(12(16)17)19-10-4-6(11(14)15)7(13)5-9(10)18-2/h4-5,8H,3,13H2,1-2H3,(H,14,15)(H,16,17). The number of ether oxygens (including phenoxy) is 2. The second kappa shape index (κ2) is 5.94. The maximum atomic E-state index is 11.0. The van der Waals surface area contributed by atoms with Crippen LogP contribution in [-0.4, -0.2) is 35.4 Å². The molecule has 1 atom stereocenters. The van der Waals surface area contributed by atoms with Crippen LogP contribution in [0, 0.1) is 0 Å². The first-order valence-electron chi connectivity index (χ1n) is 5.51. The number of methoxy groups -OCH3 is 1. The van der Waals surface area contributed by atoms with Crippen molar-refractivity contribution in [3.63, 3.8) is 0 Å². The minimum Gasteiger partial charge on any atom is -0.493 e. The molecule has 0 amide bonds. The summed E-state index contributed by atoms with van der Waals surface area (Å²) in [6, 6.07) is 2.44. The first kappa shape index (κ1) is 14.6. The normalized spacial score (nSPS) is 11.7. The molecule has 1 rings (SSSR count). The predicted molar refractivity (Wildman–Crippen MR) is 66.7 cm³/mol. The third kappa shape index (κ3) is 3.27. The van der Waals surface area contributed by atoms with Gasteiger partial charge in [-0.05, 0) is 6.42 Å². The summed E-state index contributed by atoms with van der Waals surface area (Å²) in [5, 5.41) is 17.9. The van der Waals surface area contributed by atoms with Crippen LogP contribution in [0.15, 0.2) is 12.1 Å². The maximum absolute atomic E-state index is 11.0. The molecule has 1 unspecified atom stereocenters. The molecule has 0 bridgehead atoms. The molecule has 7 nitrogen and oxygen atoms in total. The molecule has 0 saturated carbocycles. The first-order valence-corrected chi connectivity index (χ1v) is 5.51. The molecule has 0 spiro atoms. The van der Waals surface area contributed by atoms with Crippen molar-refractivity contribution in [2.24, 2.45) is 0 Å². The van der Waals surface area contributed by atoms with Crippen LogP contribution in [0.1, 0.15) is 23.7 Å². The van der Waals surface area contributed by atoms with E-state index >= 15 is 0 Å². The Labute approximate surface area is 109 Å². The Hall–Kier alpha value is -2.44. The SMILES string of the molecule is CCC(Oc1cc(C(=O)O)c(N)cc1OC)C(=O)O. The minimum atomic E-state index is -1.23. The Morgan fingerprint density at radius 1 is 1.32 bits per heavy atom. The topological polar surface area (TPSA) is 119 Å². The van der Waals surface area contributed by atoms with Crippen LogP contribution in [-0.2, 0) is 4.79 Å². The Morgan fingerprint density at radius 2 is 1.95 bits per heavy atom. The van der Waals surface area contributed by atoms with Crippen molar-refractivity contribution in [3.8, 4) is 11.5 Å². The van der Waals surface area contributed by atoms with Gasteiger partial charge in [0.25, 0.3) is 0 Å². The quantitative estimate of drug-likeness (QED) is 0.664. The average Bonchev–Trinajstić information content (AvgIpc) is 2.35. The van der Waals surface area contributed by atoms with Crippen LogP contribution in [0.5, 0.6) is 11.5 Å². The molecule has 7 heteroatoms. The number of carbonyl (C=O) groups is 2. The number of aliphatic carboxylic acids is 1. The van der Waals surface area contributed by atoms with E-state index in [0.717, 1.165) is 6.07 Å². The number of aromatic carboxylic acids is 1. The van der Waals surface area contributed by atoms with Crippen LogP contribution >= 0.6 is 0 Å². The van der Waals surface area contributed by atoms with Crippen LogP contribution in [0.4, 0.5) is 5.69 Å². The van der Waals surface area contributed by atoms with Crippen molar-refractivity contribution in [2.45, 2.75) is 19.4 Å². The number of rotatable bonds is 6. The number of hydrogen-bond donors (Lipinski definition) is 3. The molecule has 1 aromatic carbocycles. The lowest BCUT2D eigenvalue weighted by molar-refractivity contribution is -0.145. The fraction of sp³-hybridized carbons (Fsp3) is 0.333. The number of carboxylic acids is 2. The summed E-state index contributed by atoms with van der Waals surface area (Å²) >= 11 is 0. The summed E-state index contributed by atoms with van der Waals surface area (Å²) in [6.07, 6.45) is -0.857. The highest BCUT2D eigenvalue weighted by Gasteiger charge is 2.21. The molecule has 0 aliphatic carbocycles. The zero-order valence-corrected chi connectivity index (χ0v) is 10.5. The molecule has 19 heavy (non-hydrogen) atoms. The van der Waals surface area contributed by atoms with Gasteiger partial charge >= 0.3 is 11.9 Å². The van der Waals surface area contributed by atoms with Crippen molar-refractivity contribution in [2.75, 3.05) is 12.8 Å². The first-order chi connectivity index (χ1) is 8.90. The third-order valence-electron chi connectivity index (χ3n) is 2.48. The van der Waals surface area contributed by atoms with E-state index in [9.17, 15) is 9.59 Å². The third-order valence-corrected chi connectivity index (χ3v) is 2.48. The second-order valence-electron chi connectivity index (χ2n) is 3.75. The van der Waals surface area contributed by atoms with Gasteiger partial charge in [-0.2, -0.15) is 0 Å². The Balaban J connectivity index is 3.20. The van der Waals surface area contributed by atoms with Gasteiger partial charge in [-0.15, -0.1) is 0 Å². The second-order valence-corrected chi connectivity index (χ2v) is 3.75. The summed E-state index contributed by atoms with van der Waals surface area (Å²) in [4.78, 5) is 21.9. The van der Waals surface area contributed by atoms with E-state index in [2.05, 4.69) is 0 Å². The van der Waals surface area contributed by atoms with Crippen molar-refractivity contribution in [1.29, 1.82) is 0 Å². The van der Waals surface area contributed by atoms with Crippen LogP contribution in [0.2, 0.25) is 0 Å². The fourth-order valence-electron chi connectivity index (χ4n) is 1.47. The van der Waals surface area contributed by atoms with Crippen molar-refractivity contribution < 1.29 is 29.3 Å². The highest BCUT2D eigenvalue weighted by Crippen LogP contribution is 2.33. The van der Waals surface area contributed by atoms with E-state index in [0.29, 0.717) is 0 Å². The molecule has 1 aromatic rings. The lowest BCUT2D eigenvalue weighted by Crippen LogP contribution is -2.26. The summed E-state index contributed by atoms with van der Waals surface area (Å²) in [5.41, 5.74) is 5.40. The van der Waals surface area contributed by atoms with E-state index in [-0.39, 0.29) is 29.2 Å². The zero-order valence-electron chi connectivity index (χ0n) is 10.5. The van der Waals surface area contributed by atoms with Gasteiger partial charge in [-0.25, -0.2) is 9.59 Å². The number of benzene rings is 1. The van der Waals surface area contributed by atoms with E-state index in [1.54, 1.807) is 6.92 Å². The molecule has 0 aliphatic heterocycles. The van der Waals surface area contributed by atoms with Gasteiger partial charge in [0.15, 0.2) is 17.6 Å². The van der Waals surface area contributed by atoms with Crippen LogP contribution in [0.3, 0.4) is 0 Å². The Morgan fingerprint density at radius 3 is 2.37 bits per heavy atom. The number of hydrogen-bond acceptors (Lipinski definition) is 5. The van der Waals surface area contributed by atoms with Crippen LogP contribution in [0.25, 0.3) is 0 Å². The van der Waals surface area contributed by atoms with Crippen molar-refractivity contribution in [1.82, 2.24) is 0 Å². The largest absolute Gasteiger partial charge is 0.493 e. The lowest BCUT2D eigenvalue weighted by atomic mass is 10.1. The highest BCUT2D eigenvalue weighted by atomic mass is 16.5. The number of nitrogens with two attached hydrogens (primary N) is 1. The zero-order chi connectivity index (χ0) is 14.6. The molecular formula is C12H15NO6. The molecule has 0 aromatic heterocycles. The number of carboxylic acid groups (broad SMARTS) is 2. The molecular weight excluding hydrogens is 254 g/mol. The monoisotopic (exact) mass is 269 g/mol. The molecule has 0 aliphatic rings. The molecule has 0 saturated heterocycles. The van der Waals surface area contributed by atoms with Crippen molar-refractivity contribution in [3.05, 3.63) is 17.7 Å². The lowest BCUT2D eigenvalue weighted by Gasteiger charge is -2.17. The van der Waals surface area contributed by atoms with E-state index in [1.165, 1.54) is 13.2 Å². The van der Waals surface area contributed by atoms with Crippen LogP contribution < -0.4 is 15.2 Å². The molecule has 4 N–H and O–H groups in total. The van der Waals surface area contributed by atoms with E-state index < -0.39 is 18.0 Å². The average molecular weight is 269 g/mol. The highest BCUT2D eigenvalue weighted by molar-refractivity contribution is 5.94. The smallest absolute Gasteiger partial charge is 0.344 e. The summed E-state index contributed by atoms with van der Waals surface area (Å²) in [7, 11) is 1.35. The maximum Gasteiger partial charge on any atom is 0.344 e. The van der Waals surface area contributed by atoms with E-state index in [1.807, 2.05) is 0 Å². The van der Waals surface area contributed by atoms with Gasteiger partial charge in [-0.3, -0.25) is 0 Å². The number of nitrogen functional groups attached to an aromatic ring is 1. The predicted octanol–water partition coefficient (Wildman–Crippen LogP) is 1.22. The van der Waals surface area contributed by atoms with E-state index in [4.69, 9.17) is 25.4 Å². The van der Waals surface area contributed by atoms with Gasteiger partial charge in [0.2, 0.25) is 0 Å². The molecule has 0 fully saturated rings. The fourth-order valence-corrected chi connectivity index (χ4v) is 1.47. The van der Waals surface area contributed by atoms with Gasteiger partial charge in [-0.1, -0.05) is 6.92 Å². The van der Waals surface area contributed by atoms with Gasteiger partial charge < -0.3 is 25.4 Å². The summed E-state index contributed by atoms with van der Waals surface area (Å²) in [5.74, 6) is -2.16. The molecule has 0 heterocycles. The number of anilines is 1. The van der Waals surface area contributed by atoms with Gasteiger partial charge in [0.05, 0.1) is 18.4 Å². The molecule has 0 radical (unpaired) electrons. The minimum absolute atomic E-state index is 0.0140. The Kier molecular flexibility index (Phi) is 4.57. The van der Waals surface area contributed by atoms with Gasteiger partial charge in [0, 0.05) is 12.1 Å². The summed E-state index contributed by atoms with van der Waals surface area (Å²) in [6.45, 7) is 1.64. The molecule has 104 valence electrons. The van der Waals surface area contributed by atoms with Crippen molar-refractivity contribution >= 4 is 17.6 Å². The van der Waals surface area contributed by atoms with Gasteiger partial charge in [0.1, 0.15) is 0 Å². The Bertz CT molecular complexity index is 499. The summed E-state index contributed by atoms with van der Waals surface area (Å²) < 4.78 is 10.2.